The number of benzene rings is 2. The molecule has 0 bridgehead atoms. The number of hydrogen-bond donors (Lipinski definition) is 1. The standard InChI is InChI=1S/C35H45N3O3S/c1-24-20-28(14-17-32(24)41-2)26-10-8-25(9-11-26)23-38(34(40)27-12-15-31(39)16-13-27)30-7-5-6-29(21-30)33-22-36-35(42-33)37-18-3-4-19-37/h5-7,14,17,20-22,25-27,31,39H,3-4,8-13,15-16,18-19,23H2,1-2H3. The van der Waals surface area contributed by atoms with Gasteiger partial charge in [-0.3, -0.25) is 4.79 Å². The van der Waals surface area contributed by atoms with Crippen molar-refractivity contribution in [3.05, 3.63) is 59.8 Å². The fourth-order valence-corrected chi connectivity index (χ4v) is 8.20. The lowest BCUT2D eigenvalue weighted by Gasteiger charge is -2.36. The number of carbonyl (C=O) groups is 1. The van der Waals surface area contributed by atoms with Gasteiger partial charge < -0.3 is 19.6 Å². The molecule has 6 nitrogen and oxygen atoms in total. The van der Waals surface area contributed by atoms with Crippen molar-refractivity contribution < 1.29 is 14.6 Å². The molecule has 3 fully saturated rings. The van der Waals surface area contributed by atoms with Gasteiger partial charge >= 0.3 is 0 Å². The van der Waals surface area contributed by atoms with E-state index in [1.54, 1.807) is 18.4 Å². The van der Waals surface area contributed by atoms with Crippen LogP contribution in [-0.4, -0.2) is 48.8 Å². The van der Waals surface area contributed by atoms with Gasteiger partial charge in [0.1, 0.15) is 5.75 Å². The number of ether oxygens (including phenoxy) is 1. The van der Waals surface area contributed by atoms with Gasteiger partial charge in [0.2, 0.25) is 5.91 Å². The van der Waals surface area contributed by atoms with Crippen molar-refractivity contribution in [2.75, 3.05) is 36.5 Å². The van der Waals surface area contributed by atoms with E-state index in [2.05, 4.69) is 59.2 Å². The number of aliphatic hydroxyl groups is 1. The molecule has 0 spiro atoms. The Morgan fingerprint density at radius 3 is 2.50 bits per heavy atom. The van der Waals surface area contributed by atoms with E-state index in [1.165, 1.54) is 24.0 Å². The number of carbonyl (C=O) groups excluding carboxylic acids is 1. The van der Waals surface area contributed by atoms with E-state index in [0.29, 0.717) is 11.8 Å². The van der Waals surface area contributed by atoms with Crippen molar-refractivity contribution in [3.63, 3.8) is 0 Å². The highest BCUT2D eigenvalue weighted by Crippen LogP contribution is 2.40. The molecule has 2 aromatic carbocycles. The molecule has 1 amide bonds. The molecule has 42 heavy (non-hydrogen) atoms. The number of hydrogen-bond acceptors (Lipinski definition) is 6. The zero-order valence-corrected chi connectivity index (χ0v) is 26.0. The maximum atomic E-state index is 14.1. The lowest BCUT2D eigenvalue weighted by molar-refractivity contribution is -0.124. The minimum absolute atomic E-state index is 0.0131. The minimum Gasteiger partial charge on any atom is -0.496 e. The predicted octanol–water partition coefficient (Wildman–Crippen LogP) is 7.59. The molecule has 224 valence electrons. The largest absolute Gasteiger partial charge is 0.496 e. The quantitative estimate of drug-likeness (QED) is 0.294. The van der Waals surface area contributed by atoms with Gasteiger partial charge in [0.15, 0.2) is 5.13 Å². The third kappa shape index (κ3) is 6.52. The molecule has 2 aliphatic carbocycles. The number of aromatic nitrogens is 1. The highest BCUT2D eigenvalue weighted by Gasteiger charge is 2.32. The molecule has 0 unspecified atom stereocenters. The molecule has 1 aromatic heterocycles. The highest BCUT2D eigenvalue weighted by atomic mass is 32.1. The van der Waals surface area contributed by atoms with Crippen LogP contribution in [0.1, 0.15) is 81.3 Å². The number of aliphatic hydroxyl groups excluding tert-OH is 1. The zero-order valence-electron chi connectivity index (χ0n) is 25.1. The van der Waals surface area contributed by atoms with Gasteiger partial charge in [-0.2, -0.15) is 0 Å². The number of amides is 1. The fraction of sp³-hybridized carbons (Fsp3) is 0.543. The maximum absolute atomic E-state index is 14.1. The molecule has 6 rings (SSSR count). The Labute approximate surface area is 254 Å². The normalized spacial score (nSPS) is 24.5. The molecule has 3 aromatic rings. The van der Waals surface area contributed by atoms with Gasteiger partial charge in [-0.15, -0.1) is 0 Å². The van der Waals surface area contributed by atoms with E-state index < -0.39 is 0 Å². The van der Waals surface area contributed by atoms with E-state index in [-0.39, 0.29) is 17.9 Å². The van der Waals surface area contributed by atoms with Crippen molar-refractivity contribution >= 4 is 28.1 Å². The lowest BCUT2D eigenvalue weighted by Crippen LogP contribution is -2.41. The van der Waals surface area contributed by atoms with Crippen molar-refractivity contribution in [1.29, 1.82) is 0 Å². The third-order valence-corrected chi connectivity index (χ3v) is 10.9. The lowest BCUT2D eigenvalue weighted by atomic mass is 9.78. The first-order valence-corrected chi connectivity index (χ1v) is 16.8. The van der Waals surface area contributed by atoms with Crippen LogP contribution >= 0.6 is 11.3 Å². The van der Waals surface area contributed by atoms with Crippen LogP contribution in [0.15, 0.2) is 48.7 Å². The van der Waals surface area contributed by atoms with Crippen LogP contribution in [0.2, 0.25) is 0 Å². The topological polar surface area (TPSA) is 65.9 Å². The van der Waals surface area contributed by atoms with Gasteiger partial charge in [0.25, 0.3) is 0 Å². The average molecular weight is 588 g/mol. The van der Waals surface area contributed by atoms with Gasteiger partial charge in [-0.1, -0.05) is 35.6 Å². The molecule has 2 heterocycles. The second-order valence-corrected chi connectivity index (χ2v) is 13.7. The minimum atomic E-state index is -0.265. The Bertz CT molecular complexity index is 1350. The molecule has 1 N–H and O–H groups in total. The van der Waals surface area contributed by atoms with Crippen LogP contribution in [0.25, 0.3) is 10.4 Å². The van der Waals surface area contributed by atoms with Crippen LogP contribution in [0.4, 0.5) is 10.8 Å². The molecule has 1 saturated heterocycles. The second kappa shape index (κ2) is 13.2. The highest BCUT2D eigenvalue weighted by molar-refractivity contribution is 7.18. The number of anilines is 2. The summed E-state index contributed by atoms with van der Waals surface area (Å²) in [6.45, 7) is 5.06. The number of nitrogens with zero attached hydrogens (tertiary/aromatic N) is 3. The smallest absolute Gasteiger partial charge is 0.230 e. The summed E-state index contributed by atoms with van der Waals surface area (Å²) in [5.74, 6) is 2.21. The maximum Gasteiger partial charge on any atom is 0.230 e. The molecule has 1 aliphatic heterocycles. The summed E-state index contributed by atoms with van der Waals surface area (Å²) >= 11 is 1.75. The van der Waals surface area contributed by atoms with Crippen molar-refractivity contribution in [3.8, 4) is 16.2 Å². The summed E-state index contributed by atoms with van der Waals surface area (Å²) in [4.78, 5) is 24.5. The summed E-state index contributed by atoms with van der Waals surface area (Å²) in [6, 6.07) is 15.2. The SMILES string of the molecule is COc1ccc(C2CCC(CN(C(=O)C3CCC(O)CC3)c3cccc(-c4cnc(N5CCCC5)s4)c3)CC2)cc1C. The van der Waals surface area contributed by atoms with Crippen LogP contribution in [0, 0.1) is 18.8 Å². The Hall–Kier alpha value is -2.90. The molecule has 0 radical (unpaired) electrons. The number of rotatable bonds is 8. The Kier molecular flexibility index (Phi) is 9.15. The van der Waals surface area contributed by atoms with Crippen molar-refractivity contribution in [1.82, 2.24) is 4.98 Å². The number of aryl methyl sites for hydroxylation is 1. The predicted molar refractivity (Wildman–Crippen MR) is 172 cm³/mol. The first-order chi connectivity index (χ1) is 20.5. The van der Waals surface area contributed by atoms with E-state index in [1.807, 2.05) is 6.20 Å². The number of methoxy groups -OCH3 is 1. The van der Waals surface area contributed by atoms with Crippen molar-refractivity contribution in [2.24, 2.45) is 11.8 Å². The van der Waals surface area contributed by atoms with Crippen molar-refractivity contribution in [2.45, 2.75) is 83.2 Å². The summed E-state index contributed by atoms with van der Waals surface area (Å²) in [6.07, 6.45) is 11.7. The summed E-state index contributed by atoms with van der Waals surface area (Å²) < 4.78 is 5.47. The van der Waals surface area contributed by atoms with Gasteiger partial charge in [-0.25, -0.2) is 4.98 Å². The summed E-state index contributed by atoms with van der Waals surface area (Å²) in [5.41, 5.74) is 4.73. The van der Waals surface area contributed by atoms with Crippen LogP contribution in [0.3, 0.4) is 0 Å². The number of thiazole rings is 1. The van der Waals surface area contributed by atoms with E-state index in [9.17, 15) is 9.90 Å². The Morgan fingerprint density at radius 2 is 1.79 bits per heavy atom. The summed E-state index contributed by atoms with van der Waals surface area (Å²) in [7, 11) is 1.73. The first kappa shape index (κ1) is 29.2. The fourth-order valence-electron chi connectivity index (χ4n) is 7.24. The molecule has 7 heteroatoms. The van der Waals surface area contributed by atoms with Crippen LogP contribution in [-0.2, 0) is 4.79 Å². The van der Waals surface area contributed by atoms with E-state index in [0.717, 1.165) is 98.0 Å². The van der Waals surface area contributed by atoms with E-state index in [4.69, 9.17) is 9.72 Å². The average Bonchev–Trinajstić information content (AvgIpc) is 3.73. The first-order valence-electron chi connectivity index (χ1n) is 15.9. The molecule has 0 atom stereocenters. The van der Waals surface area contributed by atoms with Crippen LogP contribution < -0.4 is 14.5 Å². The van der Waals surface area contributed by atoms with Gasteiger partial charge in [-0.05, 0) is 118 Å². The molecule has 2 saturated carbocycles. The van der Waals surface area contributed by atoms with E-state index >= 15 is 0 Å². The monoisotopic (exact) mass is 587 g/mol. The third-order valence-electron chi connectivity index (χ3n) is 9.80. The van der Waals surface area contributed by atoms with Gasteiger partial charge in [0, 0.05) is 37.4 Å². The Morgan fingerprint density at radius 1 is 1.02 bits per heavy atom. The molecular formula is C35H45N3O3S. The molecule has 3 aliphatic rings. The van der Waals surface area contributed by atoms with Crippen LogP contribution in [0.5, 0.6) is 5.75 Å². The summed E-state index contributed by atoms with van der Waals surface area (Å²) in [5, 5.41) is 11.2. The second-order valence-electron chi connectivity index (χ2n) is 12.7. The van der Waals surface area contributed by atoms with Gasteiger partial charge in [0.05, 0.1) is 18.1 Å². The molecular weight excluding hydrogens is 542 g/mol. The zero-order chi connectivity index (χ0) is 29.1. The Balaban J connectivity index is 1.19.